The molecule has 3 rings (SSSR count). The number of aromatic nitrogens is 2. The summed E-state index contributed by atoms with van der Waals surface area (Å²) in [4.78, 5) is 8.55. The number of hydrogen-bond donors (Lipinski definition) is 0. The molecule has 1 aliphatic heterocycles. The zero-order valence-corrected chi connectivity index (χ0v) is 9.58. The lowest BCUT2D eigenvalue weighted by Crippen LogP contribution is -1.93. The Morgan fingerprint density at radius 2 is 2.38 bits per heavy atom. The quantitative estimate of drug-likeness (QED) is 0.798. The van der Waals surface area contributed by atoms with E-state index in [2.05, 4.69) is 16.0 Å². The number of pyridine rings is 1. The van der Waals surface area contributed by atoms with Gasteiger partial charge in [0.05, 0.1) is 30.5 Å². The lowest BCUT2D eigenvalue weighted by molar-refractivity contribution is 0.216. The van der Waals surface area contributed by atoms with Crippen molar-refractivity contribution in [2.45, 2.75) is 0 Å². The van der Waals surface area contributed by atoms with Crippen LogP contribution in [-0.2, 0) is 4.74 Å². The van der Waals surface area contributed by atoms with Crippen LogP contribution in [0.1, 0.15) is 5.56 Å². The van der Waals surface area contributed by atoms with Gasteiger partial charge in [-0.05, 0) is 5.57 Å². The summed E-state index contributed by atoms with van der Waals surface area (Å²) in [6.07, 6.45) is 3.92. The molecule has 0 bridgehead atoms. The van der Waals surface area contributed by atoms with Gasteiger partial charge in [-0.15, -0.1) is 11.3 Å². The molecule has 4 nitrogen and oxygen atoms in total. The van der Waals surface area contributed by atoms with E-state index in [0.717, 1.165) is 15.8 Å². The molecule has 0 fully saturated rings. The molecule has 82 valence electrons. The standard InChI is InChI=1S/C11H10N2O2S/c1-14-11-9-10(16-6-13-9)8(4-12-11)7-2-3-15-5-7/h2,4,6H,3,5H2,1H3. The van der Waals surface area contributed by atoms with Gasteiger partial charge in [0.25, 0.3) is 0 Å². The molecule has 0 N–H and O–H groups in total. The summed E-state index contributed by atoms with van der Waals surface area (Å²) in [6.45, 7) is 1.34. The highest BCUT2D eigenvalue weighted by molar-refractivity contribution is 7.17. The van der Waals surface area contributed by atoms with E-state index in [4.69, 9.17) is 9.47 Å². The molecule has 0 saturated heterocycles. The minimum Gasteiger partial charge on any atom is -0.479 e. The van der Waals surface area contributed by atoms with Gasteiger partial charge in [-0.2, -0.15) is 0 Å². The summed E-state index contributed by atoms with van der Waals surface area (Å²) in [5.74, 6) is 0.583. The second-order valence-corrected chi connectivity index (χ2v) is 4.31. The Kier molecular flexibility index (Phi) is 2.34. The smallest absolute Gasteiger partial charge is 0.241 e. The third-order valence-corrected chi connectivity index (χ3v) is 3.43. The van der Waals surface area contributed by atoms with Crippen LogP contribution in [0.5, 0.6) is 5.88 Å². The van der Waals surface area contributed by atoms with Crippen LogP contribution in [0.3, 0.4) is 0 Å². The van der Waals surface area contributed by atoms with Gasteiger partial charge in [-0.1, -0.05) is 6.08 Å². The number of methoxy groups -OCH3 is 1. The molecule has 16 heavy (non-hydrogen) atoms. The summed E-state index contributed by atoms with van der Waals surface area (Å²) < 4.78 is 11.6. The van der Waals surface area contributed by atoms with Crippen molar-refractivity contribution in [1.29, 1.82) is 0 Å². The lowest BCUT2D eigenvalue weighted by atomic mass is 10.1. The first kappa shape index (κ1) is 9.74. The van der Waals surface area contributed by atoms with E-state index in [1.54, 1.807) is 18.4 Å². The van der Waals surface area contributed by atoms with Crippen molar-refractivity contribution in [1.82, 2.24) is 9.97 Å². The Labute approximate surface area is 96.5 Å². The Morgan fingerprint density at radius 3 is 3.12 bits per heavy atom. The van der Waals surface area contributed by atoms with Gasteiger partial charge in [0.15, 0.2) is 0 Å². The third kappa shape index (κ3) is 1.40. The average molecular weight is 234 g/mol. The Balaban J connectivity index is 2.22. The molecule has 0 aromatic carbocycles. The van der Waals surface area contributed by atoms with Crippen LogP contribution in [0.4, 0.5) is 0 Å². The van der Waals surface area contributed by atoms with Crippen LogP contribution >= 0.6 is 11.3 Å². The number of fused-ring (bicyclic) bond motifs is 1. The molecule has 2 aromatic rings. The highest BCUT2D eigenvalue weighted by Gasteiger charge is 2.15. The van der Waals surface area contributed by atoms with Crippen LogP contribution in [-0.4, -0.2) is 30.3 Å². The fourth-order valence-electron chi connectivity index (χ4n) is 1.79. The van der Waals surface area contributed by atoms with Crippen molar-refractivity contribution in [2.24, 2.45) is 0 Å². The Bertz CT molecular complexity index is 562. The van der Waals surface area contributed by atoms with E-state index in [9.17, 15) is 0 Å². The molecule has 0 saturated carbocycles. The maximum Gasteiger partial charge on any atom is 0.241 e. The van der Waals surface area contributed by atoms with Crippen molar-refractivity contribution >= 4 is 27.1 Å². The van der Waals surface area contributed by atoms with E-state index >= 15 is 0 Å². The average Bonchev–Trinajstić information content (AvgIpc) is 2.98. The number of nitrogens with zero attached hydrogens (tertiary/aromatic N) is 2. The van der Waals surface area contributed by atoms with E-state index in [1.807, 2.05) is 11.7 Å². The minimum absolute atomic E-state index is 0.583. The molecule has 5 heteroatoms. The van der Waals surface area contributed by atoms with Crippen molar-refractivity contribution in [3.05, 3.63) is 23.3 Å². The molecule has 0 radical (unpaired) electrons. The third-order valence-electron chi connectivity index (χ3n) is 2.57. The molecule has 0 unspecified atom stereocenters. The Morgan fingerprint density at radius 1 is 1.44 bits per heavy atom. The summed E-state index contributed by atoms with van der Waals surface area (Å²) in [7, 11) is 1.61. The van der Waals surface area contributed by atoms with Gasteiger partial charge in [0.1, 0.15) is 5.52 Å². The topological polar surface area (TPSA) is 44.2 Å². The monoisotopic (exact) mass is 234 g/mol. The fourth-order valence-corrected chi connectivity index (χ4v) is 2.61. The first-order valence-electron chi connectivity index (χ1n) is 4.93. The van der Waals surface area contributed by atoms with Crippen molar-refractivity contribution in [3.63, 3.8) is 0 Å². The van der Waals surface area contributed by atoms with Crippen molar-refractivity contribution in [2.75, 3.05) is 20.3 Å². The van der Waals surface area contributed by atoms with Crippen molar-refractivity contribution < 1.29 is 9.47 Å². The summed E-state index contributed by atoms with van der Waals surface area (Å²) in [5, 5.41) is 0. The second-order valence-electron chi connectivity index (χ2n) is 3.46. The van der Waals surface area contributed by atoms with E-state index in [1.165, 1.54) is 5.57 Å². The number of thiazole rings is 1. The highest BCUT2D eigenvalue weighted by atomic mass is 32.1. The number of ether oxygens (including phenoxy) is 2. The summed E-state index contributed by atoms with van der Waals surface area (Å²) >= 11 is 1.60. The van der Waals surface area contributed by atoms with Crippen LogP contribution in [0, 0.1) is 0 Å². The predicted molar refractivity (Wildman–Crippen MR) is 62.8 cm³/mol. The maximum absolute atomic E-state index is 5.33. The number of hydrogen-bond acceptors (Lipinski definition) is 5. The van der Waals surface area contributed by atoms with Gasteiger partial charge in [-0.3, -0.25) is 0 Å². The molecular weight excluding hydrogens is 224 g/mol. The molecule has 0 atom stereocenters. The first-order chi connectivity index (χ1) is 7.90. The molecular formula is C11H10N2O2S. The van der Waals surface area contributed by atoms with E-state index < -0.39 is 0 Å². The fraction of sp³-hybridized carbons (Fsp3) is 0.273. The summed E-state index contributed by atoms with van der Waals surface area (Å²) in [6, 6.07) is 0. The zero-order valence-electron chi connectivity index (χ0n) is 8.77. The van der Waals surface area contributed by atoms with Crippen LogP contribution in [0.15, 0.2) is 17.8 Å². The van der Waals surface area contributed by atoms with Gasteiger partial charge >= 0.3 is 0 Å². The van der Waals surface area contributed by atoms with Crippen LogP contribution in [0.25, 0.3) is 15.8 Å². The zero-order chi connectivity index (χ0) is 11.0. The van der Waals surface area contributed by atoms with Crippen molar-refractivity contribution in [3.8, 4) is 5.88 Å². The molecule has 0 spiro atoms. The van der Waals surface area contributed by atoms with E-state index in [0.29, 0.717) is 19.1 Å². The molecule has 1 aliphatic rings. The normalized spacial score (nSPS) is 15.4. The Hall–Kier alpha value is -1.46. The highest BCUT2D eigenvalue weighted by Crippen LogP contribution is 2.33. The molecule has 2 aromatic heterocycles. The largest absolute Gasteiger partial charge is 0.479 e. The maximum atomic E-state index is 5.33. The van der Waals surface area contributed by atoms with E-state index in [-0.39, 0.29) is 0 Å². The van der Waals surface area contributed by atoms with Gasteiger partial charge < -0.3 is 9.47 Å². The summed E-state index contributed by atoms with van der Waals surface area (Å²) in [5.41, 5.74) is 4.94. The van der Waals surface area contributed by atoms with Gasteiger partial charge in [0, 0.05) is 11.8 Å². The van der Waals surface area contributed by atoms with Gasteiger partial charge in [-0.25, -0.2) is 9.97 Å². The number of rotatable bonds is 2. The van der Waals surface area contributed by atoms with Gasteiger partial charge in [0.2, 0.25) is 5.88 Å². The first-order valence-corrected chi connectivity index (χ1v) is 5.81. The second kappa shape index (κ2) is 3.84. The molecule has 0 aliphatic carbocycles. The molecule has 3 heterocycles. The minimum atomic E-state index is 0.583. The van der Waals surface area contributed by atoms with Crippen LogP contribution in [0.2, 0.25) is 0 Å². The lowest BCUT2D eigenvalue weighted by Gasteiger charge is -2.05. The predicted octanol–water partition coefficient (Wildman–Crippen LogP) is 2.11. The van der Waals surface area contributed by atoms with Crippen LogP contribution < -0.4 is 4.74 Å². The molecule has 0 amide bonds. The SMILES string of the molecule is COc1ncc(C2=CCOC2)c2scnc12.